The van der Waals surface area contributed by atoms with E-state index in [1.165, 1.54) is 0 Å². The monoisotopic (exact) mass is 347 g/mol. The van der Waals surface area contributed by atoms with Crippen LogP contribution in [-0.2, 0) is 27.3 Å². The second-order valence-corrected chi connectivity index (χ2v) is 7.20. The van der Waals surface area contributed by atoms with Gasteiger partial charge in [0, 0.05) is 11.6 Å². The number of benzene rings is 1. The molecule has 2 aromatic rings. The number of hydrogen-bond acceptors (Lipinski definition) is 2. The van der Waals surface area contributed by atoms with E-state index < -0.39 is 20.8 Å². The van der Waals surface area contributed by atoms with Gasteiger partial charge in [-0.05, 0) is 18.1 Å². The Morgan fingerprint density at radius 2 is 2.00 bits per heavy atom. The van der Waals surface area contributed by atoms with Crippen molar-refractivity contribution in [2.24, 2.45) is 0 Å². The van der Waals surface area contributed by atoms with Crippen LogP contribution in [0.15, 0.2) is 30.5 Å². The SMILES string of the molecule is CCCc1ccc2cccnc2c1O.[Cl][Zr][Cl]. The summed E-state index contributed by atoms with van der Waals surface area (Å²) in [5, 5.41) is 10.9. The Morgan fingerprint density at radius 1 is 1.29 bits per heavy atom. The van der Waals surface area contributed by atoms with Gasteiger partial charge < -0.3 is 5.11 Å². The third-order valence-electron chi connectivity index (χ3n) is 2.35. The predicted molar refractivity (Wildman–Crippen MR) is 69.1 cm³/mol. The van der Waals surface area contributed by atoms with Crippen LogP contribution in [-0.4, -0.2) is 10.1 Å². The normalized spacial score (nSPS) is 9.59. The fourth-order valence-electron chi connectivity index (χ4n) is 1.64. The van der Waals surface area contributed by atoms with E-state index in [4.69, 9.17) is 17.0 Å². The molecule has 0 unspecified atom stereocenters. The third kappa shape index (κ3) is 4.24. The van der Waals surface area contributed by atoms with Crippen LogP contribution in [0.5, 0.6) is 5.75 Å². The summed E-state index contributed by atoms with van der Waals surface area (Å²) in [4.78, 5) is 4.17. The molecule has 1 heterocycles. The Labute approximate surface area is 120 Å². The van der Waals surface area contributed by atoms with Crippen molar-refractivity contribution in [1.82, 2.24) is 4.98 Å². The second-order valence-electron chi connectivity index (χ2n) is 3.47. The van der Waals surface area contributed by atoms with Gasteiger partial charge in [-0.1, -0.05) is 31.5 Å². The van der Waals surface area contributed by atoms with Crippen molar-refractivity contribution in [3.8, 4) is 5.75 Å². The van der Waals surface area contributed by atoms with Gasteiger partial charge in [0.25, 0.3) is 0 Å². The molecule has 5 heteroatoms. The van der Waals surface area contributed by atoms with Gasteiger partial charge >= 0.3 is 37.9 Å². The fraction of sp³-hybridized carbons (Fsp3) is 0.250. The van der Waals surface area contributed by atoms with Crippen LogP contribution < -0.4 is 0 Å². The third-order valence-corrected chi connectivity index (χ3v) is 2.35. The molecule has 0 spiro atoms. The molecular formula is C12H13Cl2NOZr. The molecule has 0 aliphatic rings. The molecular weight excluding hydrogens is 336 g/mol. The summed E-state index contributed by atoms with van der Waals surface area (Å²) in [6, 6.07) is 7.81. The first-order valence-corrected chi connectivity index (χ1v) is 11.6. The van der Waals surface area contributed by atoms with E-state index in [9.17, 15) is 5.11 Å². The van der Waals surface area contributed by atoms with Gasteiger partial charge in [-0.25, -0.2) is 0 Å². The summed E-state index contributed by atoms with van der Waals surface area (Å²) in [7, 11) is 9.87. The van der Waals surface area contributed by atoms with Gasteiger partial charge in [0.1, 0.15) is 11.3 Å². The van der Waals surface area contributed by atoms with Crippen molar-refractivity contribution in [3.63, 3.8) is 0 Å². The molecule has 90 valence electrons. The van der Waals surface area contributed by atoms with Crippen molar-refractivity contribution in [3.05, 3.63) is 36.0 Å². The average molecular weight is 349 g/mol. The molecule has 0 saturated heterocycles. The van der Waals surface area contributed by atoms with Crippen molar-refractivity contribution in [2.45, 2.75) is 19.8 Å². The standard InChI is InChI=1S/C12H13NO.2ClH.Zr/c1-2-4-10-7-6-9-5-3-8-13-11(9)12(10)14;;;/h3,5-8,14H,2,4H2,1H3;2*1H;/q;;;+2/p-2. The van der Waals surface area contributed by atoms with Crippen LogP contribution in [0.3, 0.4) is 0 Å². The van der Waals surface area contributed by atoms with E-state index >= 15 is 0 Å². The first-order valence-electron chi connectivity index (χ1n) is 5.26. The van der Waals surface area contributed by atoms with Gasteiger partial charge in [-0.2, -0.15) is 0 Å². The molecule has 0 radical (unpaired) electrons. The molecule has 0 aliphatic carbocycles. The van der Waals surface area contributed by atoms with Crippen LogP contribution >= 0.6 is 17.0 Å². The number of phenols is 1. The zero-order chi connectivity index (χ0) is 12.7. The number of fused-ring (bicyclic) bond motifs is 1. The molecule has 2 nitrogen and oxygen atoms in total. The molecule has 1 N–H and O–H groups in total. The number of nitrogens with zero attached hydrogens (tertiary/aromatic N) is 1. The Bertz CT molecular complexity index is 479. The van der Waals surface area contributed by atoms with E-state index in [-0.39, 0.29) is 0 Å². The van der Waals surface area contributed by atoms with Crippen LogP contribution in [0.2, 0.25) is 0 Å². The number of hydrogen-bond donors (Lipinski definition) is 1. The molecule has 1 aromatic carbocycles. The zero-order valence-electron chi connectivity index (χ0n) is 9.45. The fourth-order valence-corrected chi connectivity index (χ4v) is 1.64. The van der Waals surface area contributed by atoms with Crippen molar-refractivity contribution < 1.29 is 26.0 Å². The second kappa shape index (κ2) is 8.08. The van der Waals surface area contributed by atoms with Crippen LogP contribution in [0, 0.1) is 0 Å². The van der Waals surface area contributed by atoms with Crippen molar-refractivity contribution >= 4 is 27.9 Å². The molecule has 0 atom stereocenters. The van der Waals surface area contributed by atoms with E-state index in [1.54, 1.807) is 6.20 Å². The van der Waals surface area contributed by atoms with Gasteiger partial charge in [0.2, 0.25) is 0 Å². The number of halogens is 2. The van der Waals surface area contributed by atoms with E-state index in [2.05, 4.69) is 11.9 Å². The number of aromatic nitrogens is 1. The maximum atomic E-state index is 9.92. The molecule has 17 heavy (non-hydrogen) atoms. The molecule has 0 saturated carbocycles. The molecule has 0 amide bonds. The van der Waals surface area contributed by atoms with Gasteiger partial charge in [0.15, 0.2) is 0 Å². The first-order chi connectivity index (χ1) is 8.24. The quantitative estimate of drug-likeness (QED) is 0.878. The van der Waals surface area contributed by atoms with Crippen LogP contribution in [0.1, 0.15) is 18.9 Å². The summed E-state index contributed by atoms with van der Waals surface area (Å²) in [5.41, 5.74) is 1.69. The van der Waals surface area contributed by atoms with Gasteiger partial charge in [-0.3, -0.25) is 4.98 Å². The van der Waals surface area contributed by atoms with Crippen LogP contribution in [0.4, 0.5) is 0 Å². The van der Waals surface area contributed by atoms with E-state index in [1.807, 2.05) is 24.3 Å². The van der Waals surface area contributed by atoms with Crippen molar-refractivity contribution in [2.75, 3.05) is 0 Å². The topological polar surface area (TPSA) is 33.1 Å². The maximum absolute atomic E-state index is 9.92. The Kier molecular flexibility index (Phi) is 7.10. The number of aromatic hydroxyl groups is 1. The zero-order valence-corrected chi connectivity index (χ0v) is 13.4. The summed E-state index contributed by atoms with van der Waals surface area (Å²) in [5.74, 6) is 0.338. The van der Waals surface area contributed by atoms with Crippen molar-refractivity contribution in [1.29, 1.82) is 0 Å². The molecule has 0 fully saturated rings. The predicted octanol–water partition coefficient (Wildman–Crippen LogP) is 4.27. The summed E-state index contributed by atoms with van der Waals surface area (Å²) in [6.45, 7) is 2.10. The summed E-state index contributed by atoms with van der Waals surface area (Å²) in [6.07, 6.45) is 3.64. The number of aryl methyl sites for hydroxylation is 1. The minimum atomic E-state index is -0.826. The van der Waals surface area contributed by atoms with Gasteiger partial charge in [0.05, 0.1) is 0 Å². The van der Waals surface area contributed by atoms with Gasteiger partial charge in [-0.15, -0.1) is 0 Å². The van der Waals surface area contributed by atoms with E-state index in [0.717, 1.165) is 23.8 Å². The van der Waals surface area contributed by atoms with Crippen LogP contribution in [0.25, 0.3) is 10.9 Å². The molecule has 0 bridgehead atoms. The number of phenolic OH excluding ortho intramolecular Hbond substituents is 1. The summed E-state index contributed by atoms with van der Waals surface area (Å²) >= 11 is -0.826. The summed E-state index contributed by atoms with van der Waals surface area (Å²) < 4.78 is 0. The molecule has 2 rings (SSSR count). The molecule has 0 aliphatic heterocycles. The Morgan fingerprint density at radius 3 is 2.65 bits per heavy atom. The Hall–Kier alpha value is -0.107. The Balaban J connectivity index is 0.000000437. The number of pyridine rings is 1. The average Bonchev–Trinajstić information content (AvgIpc) is 2.34. The molecule has 1 aromatic heterocycles. The minimum absolute atomic E-state index is 0.338. The number of rotatable bonds is 2. The first kappa shape index (κ1) is 15.0. The van der Waals surface area contributed by atoms with E-state index in [0.29, 0.717) is 11.3 Å².